The second-order valence-electron chi connectivity index (χ2n) is 5.79. The summed E-state index contributed by atoms with van der Waals surface area (Å²) in [7, 11) is 3.80. The molecule has 2 N–H and O–H groups in total. The SMILES string of the molecule is CN=C(NCc1nccn1C)NC1CCN(c2ccccc2)C1.I. The minimum Gasteiger partial charge on any atom is -0.369 e. The lowest BCUT2D eigenvalue weighted by Crippen LogP contribution is -2.44. The summed E-state index contributed by atoms with van der Waals surface area (Å²) in [5, 5.41) is 6.84. The number of aromatic nitrogens is 2. The van der Waals surface area contributed by atoms with Gasteiger partial charge in [-0.15, -0.1) is 24.0 Å². The third kappa shape index (κ3) is 4.62. The lowest BCUT2D eigenvalue weighted by atomic mass is 10.3. The Morgan fingerprint density at radius 3 is 2.79 bits per heavy atom. The van der Waals surface area contributed by atoms with E-state index in [1.165, 1.54) is 5.69 Å². The Balaban J connectivity index is 0.00000208. The number of aryl methyl sites for hydroxylation is 1. The zero-order valence-electron chi connectivity index (χ0n) is 14.1. The molecule has 0 radical (unpaired) electrons. The van der Waals surface area contributed by atoms with Crippen LogP contribution in [0.1, 0.15) is 12.2 Å². The number of halogens is 1. The molecule has 0 amide bonds. The summed E-state index contributed by atoms with van der Waals surface area (Å²) < 4.78 is 2.01. The first kappa shape index (κ1) is 18.6. The van der Waals surface area contributed by atoms with E-state index in [1.54, 1.807) is 7.05 Å². The van der Waals surface area contributed by atoms with Crippen LogP contribution < -0.4 is 15.5 Å². The molecular weight excluding hydrogens is 415 g/mol. The molecule has 0 bridgehead atoms. The predicted molar refractivity (Wildman–Crippen MR) is 109 cm³/mol. The molecule has 130 valence electrons. The van der Waals surface area contributed by atoms with Crippen LogP contribution in [0.5, 0.6) is 0 Å². The third-order valence-corrected chi connectivity index (χ3v) is 4.21. The normalized spacial score (nSPS) is 17.5. The zero-order valence-corrected chi connectivity index (χ0v) is 16.5. The summed E-state index contributed by atoms with van der Waals surface area (Å²) in [6.07, 6.45) is 4.86. The first-order valence-electron chi connectivity index (χ1n) is 7.99. The molecule has 2 heterocycles. The summed E-state index contributed by atoms with van der Waals surface area (Å²) in [4.78, 5) is 11.0. The maximum Gasteiger partial charge on any atom is 0.191 e. The van der Waals surface area contributed by atoms with Gasteiger partial charge < -0.3 is 20.1 Å². The first-order chi connectivity index (χ1) is 11.3. The molecule has 1 aromatic heterocycles. The van der Waals surface area contributed by atoms with Crippen LogP contribution in [0.4, 0.5) is 5.69 Å². The Hall–Kier alpha value is -1.77. The molecule has 7 heteroatoms. The summed E-state index contributed by atoms with van der Waals surface area (Å²) >= 11 is 0. The average molecular weight is 440 g/mol. The fourth-order valence-corrected chi connectivity index (χ4v) is 2.87. The van der Waals surface area contributed by atoms with E-state index in [0.29, 0.717) is 12.6 Å². The average Bonchev–Trinajstić information content (AvgIpc) is 3.21. The van der Waals surface area contributed by atoms with Crippen molar-refractivity contribution in [2.45, 2.75) is 19.0 Å². The van der Waals surface area contributed by atoms with Crippen molar-refractivity contribution in [2.75, 3.05) is 25.0 Å². The molecule has 1 saturated heterocycles. The molecule has 1 fully saturated rings. The molecule has 1 unspecified atom stereocenters. The van der Waals surface area contributed by atoms with Gasteiger partial charge in [-0.25, -0.2) is 4.98 Å². The maximum atomic E-state index is 4.32. The first-order valence-corrected chi connectivity index (χ1v) is 7.99. The number of hydrogen-bond donors (Lipinski definition) is 2. The number of hydrogen-bond acceptors (Lipinski definition) is 3. The van der Waals surface area contributed by atoms with Gasteiger partial charge in [-0.3, -0.25) is 4.99 Å². The summed E-state index contributed by atoms with van der Waals surface area (Å²) in [6, 6.07) is 11.0. The van der Waals surface area contributed by atoms with Crippen molar-refractivity contribution < 1.29 is 0 Å². The Morgan fingerprint density at radius 1 is 1.33 bits per heavy atom. The number of imidazole rings is 1. The Morgan fingerprint density at radius 2 is 2.12 bits per heavy atom. The maximum absolute atomic E-state index is 4.32. The summed E-state index contributed by atoms with van der Waals surface area (Å²) in [5.74, 6) is 1.82. The molecule has 1 aliphatic rings. The fraction of sp³-hybridized carbons (Fsp3) is 0.412. The van der Waals surface area contributed by atoms with Gasteiger partial charge in [0.2, 0.25) is 0 Å². The molecule has 0 saturated carbocycles. The molecule has 3 rings (SSSR count). The third-order valence-electron chi connectivity index (χ3n) is 4.21. The Kier molecular flexibility index (Phi) is 6.89. The van der Waals surface area contributed by atoms with Crippen LogP contribution in [0, 0.1) is 0 Å². The number of benzene rings is 1. The molecule has 1 aliphatic heterocycles. The van der Waals surface area contributed by atoms with Crippen molar-refractivity contribution in [3.8, 4) is 0 Å². The number of para-hydroxylation sites is 1. The van der Waals surface area contributed by atoms with Gasteiger partial charge in [0.15, 0.2) is 5.96 Å². The highest BCUT2D eigenvalue weighted by atomic mass is 127. The predicted octanol–water partition coefficient (Wildman–Crippen LogP) is 1.98. The van der Waals surface area contributed by atoms with Crippen molar-refractivity contribution in [3.05, 3.63) is 48.5 Å². The largest absolute Gasteiger partial charge is 0.369 e. The Labute approximate surface area is 160 Å². The van der Waals surface area contributed by atoms with Gasteiger partial charge in [-0.05, 0) is 18.6 Å². The lowest BCUT2D eigenvalue weighted by molar-refractivity contribution is 0.641. The van der Waals surface area contributed by atoms with Gasteiger partial charge in [0.1, 0.15) is 5.82 Å². The van der Waals surface area contributed by atoms with E-state index in [0.717, 1.165) is 31.3 Å². The van der Waals surface area contributed by atoms with Crippen molar-refractivity contribution in [3.63, 3.8) is 0 Å². The number of rotatable bonds is 4. The van der Waals surface area contributed by atoms with Crippen LogP contribution in [0.25, 0.3) is 0 Å². The van der Waals surface area contributed by atoms with Crippen LogP contribution in [-0.2, 0) is 13.6 Å². The minimum absolute atomic E-state index is 0. The monoisotopic (exact) mass is 440 g/mol. The van der Waals surface area contributed by atoms with Gasteiger partial charge in [-0.2, -0.15) is 0 Å². The van der Waals surface area contributed by atoms with Crippen molar-refractivity contribution in [1.29, 1.82) is 0 Å². The number of anilines is 1. The highest BCUT2D eigenvalue weighted by Crippen LogP contribution is 2.19. The molecular formula is C17H25IN6. The summed E-state index contributed by atoms with van der Waals surface area (Å²) in [6.45, 7) is 2.73. The smallest absolute Gasteiger partial charge is 0.191 e. The van der Waals surface area contributed by atoms with E-state index < -0.39 is 0 Å². The van der Waals surface area contributed by atoms with E-state index in [9.17, 15) is 0 Å². The molecule has 0 aliphatic carbocycles. The van der Waals surface area contributed by atoms with Gasteiger partial charge in [0, 0.05) is 51.3 Å². The Bertz CT molecular complexity index is 654. The topological polar surface area (TPSA) is 57.5 Å². The van der Waals surface area contributed by atoms with Gasteiger partial charge in [-0.1, -0.05) is 18.2 Å². The molecule has 2 aromatic rings. The van der Waals surface area contributed by atoms with Gasteiger partial charge in [0.05, 0.1) is 6.54 Å². The molecule has 0 spiro atoms. The second-order valence-corrected chi connectivity index (χ2v) is 5.79. The number of nitrogens with one attached hydrogen (secondary N) is 2. The number of aliphatic imine (C=N–C) groups is 1. The lowest BCUT2D eigenvalue weighted by Gasteiger charge is -2.20. The van der Waals surface area contributed by atoms with Crippen molar-refractivity contribution >= 4 is 35.6 Å². The van der Waals surface area contributed by atoms with E-state index in [2.05, 4.69) is 55.8 Å². The molecule has 1 aromatic carbocycles. The minimum atomic E-state index is 0. The zero-order chi connectivity index (χ0) is 16.1. The second kappa shape index (κ2) is 8.91. The highest BCUT2D eigenvalue weighted by molar-refractivity contribution is 14.0. The quantitative estimate of drug-likeness (QED) is 0.434. The van der Waals surface area contributed by atoms with Gasteiger partial charge in [0.25, 0.3) is 0 Å². The number of nitrogens with zero attached hydrogens (tertiary/aromatic N) is 4. The van der Waals surface area contributed by atoms with Crippen LogP contribution in [0.2, 0.25) is 0 Å². The van der Waals surface area contributed by atoms with Gasteiger partial charge >= 0.3 is 0 Å². The standard InChI is InChI=1S/C17H24N6.HI/c1-18-17(20-12-16-19-9-11-22(16)2)21-14-8-10-23(13-14)15-6-4-3-5-7-15;/h3-7,9,11,14H,8,10,12-13H2,1-2H3,(H2,18,20,21);1H. The van der Waals surface area contributed by atoms with Crippen molar-refractivity contribution in [2.24, 2.45) is 12.0 Å². The van der Waals surface area contributed by atoms with Crippen LogP contribution in [0.15, 0.2) is 47.7 Å². The molecule has 1 atom stereocenters. The molecule has 6 nitrogen and oxygen atoms in total. The van der Waals surface area contributed by atoms with E-state index >= 15 is 0 Å². The molecule has 24 heavy (non-hydrogen) atoms. The van der Waals surface area contributed by atoms with Crippen LogP contribution in [0.3, 0.4) is 0 Å². The summed E-state index contributed by atoms with van der Waals surface area (Å²) in [5.41, 5.74) is 1.28. The van der Waals surface area contributed by atoms with Crippen molar-refractivity contribution in [1.82, 2.24) is 20.2 Å². The number of guanidine groups is 1. The van der Waals surface area contributed by atoms with E-state index in [-0.39, 0.29) is 24.0 Å². The fourth-order valence-electron chi connectivity index (χ4n) is 2.87. The van der Waals surface area contributed by atoms with Crippen LogP contribution >= 0.6 is 24.0 Å². The van der Waals surface area contributed by atoms with E-state index in [1.807, 2.05) is 24.0 Å². The highest BCUT2D eigenvalue weighted by Gasteiger charge is 2.23. The van der Waals surface area contributed by atoms with E-state index in [4.69, 9.17) is 0 Å². The van der Waals surface area contributed by atoms with Crippen LogP contribution in [-0.4, -0.2) is 41.7 Å².